The van der Waals surface area contributed by atoms with Crippen molar-refractivity contribution in [2.24, 2.45) is 0 Å². The molecule has 2 aliphatic rings. The second kappa shape index (κ2) is 8.48. The minimum absolute atomic E-state index is 0.0399. The summed E-state index contributed by atoms with van der Waals surface area (Å²) in [5, 5.41) is 11.1. The number of nitrogens with zero attached hydrogens (tertiary/aromatic N) is 6. The topological polar surface area (TPSA) is 141 Å². The van der Waals surface area contributed by atoms with Crippen molar-refractivity contribution >= 4 is 34.1 Å². The first kappa shape index (κ1) is 22.6. The highest BCUT2D eigenvalue weighted by Gasteiger charge is 2.42. The molecule has 2 atom stereocenters. The summed E-state index contributed by atoms with van der Waals surface area (Å²) in [6.07, 6.45) is 6.48. The zero-order valence-corrected chi connectivity index (χ0v) is 20.4. The van der Waals surface area contributed by atoms with Gasteiger partial charge in [-0.1, -0.05) is 17.7 Å². The van der Waals surface area contributed by atoms with Gasteiger partial charge < -0.3 is 19.9 Å². The number of carbonyl (C=O) groups excluding carboxylic acids is 1. The molecule has 0 spiro atoms. The zero-order chi connectivity index (χ0) is 26.0. The number of nitrogens with one attached hydrogen (secondary N) is 3. The number of H-pyrrole nitrogens is 3. The largest absolute Gasteiger partial charge is 0.340 e. The van der Waals surface area contributed by atoms with Gasteiger partial charge in [0, 0.05) is 23.2 Å². The van der Waals surface area contributed by atoms with Crippen LogP contribution < -0.4 is 5.69 Å². The molecule has 11 nitrogen and oxygen atoms in total. The molecule has 13 heteroatoms. The molecular formula is C25H19ClFN9O2. The average molecular weight is 532 g/mol. The highest BCUT2D eigenvalue weighted by atomic mass is 35.5. The van der Waals surface area contributed by atoms with Crippen LogP contribution in [0.5, 0.6) is 0 Å². The summed E-state index contributed by atoms with van der Waals surface area (Å²) in [7, 11) is 0. The quantitative estimate of drug-likeness (QED) is 0.324. The maximum Gasteiger partial charge on any atom is 0.323 e. The van der Waals surface area contributed by atoms with Gasteiger partial charge in [0.1, 0.15) is 12.2 Å². The molecule has 1 amide bonds. The Morgan fingerprint density at radius 2 is 1.92 bits per heavy atom. The molecular weight excluding hydrogens is 513 g/mol. The number of tetrazole rings is 1. The van der Waals surface area contributed by atoms with E-state index in [9.17, 15) is 9.59 Å². The van der Waals surface area contributed by atoms with Crippen LogP contribution in [0.3, 0.4) is 0 Å². The Labute approximate surface area is 218 Å². The maximum absolute atomic E-state index is 15.3. The molecule has 0 bridgehead atoms. The lowest BCUT2D eigenvalue weighted by Crippen LogP contribution is -2.39. The van der Waals surface area contributed by atoms with Gasteiger partial charge in [0.05, 0.1) is 39.7 Å². The standard InChI is InChI=1S/C25H19ClFN9O2/c26-15-3-6-19(35-11-29-33-34-35)22(23(15)27)13-7-14-2-5-20(36(14)21(37)9-13)24-28-10-18(30-24)12-1-4-16-17(8-12)32-25(38)31-16/h1,3-4,6,8-11,14,20H,2,5,7H2,(H,28,30)(H2,31,32,38)/t14-,20-/m0/s1. The number of halogens is 2. The number of aromatic nitrogens is 8. The van der Waals surface area contributed by atoms with E-state index in [1.54, 1.807) is 12.3 Å². The number of imidazole rings is 2. The number of benzene rings is 2. The molecule has 2 aliphatic heterocycles. The molecule has 0 saturated carbocycles. The van der Waals surface area contributed by atoms with Crippen LogP contribution >= 0.6 is 11.6 Å². The van der Waals surface area contributed by atoms with Crippen molar-refractivity contribution in [2.75, 3.05) is 0 Å². The van der Waals surface area contributed by atoms with Gasteiger partial charge >= 0.3 is 5.69 Å². The van der Waals surface area contributed by atoms with Gasteiger partial charge in [0.2, 0.25) is 5.91 Å². The van der Waals surface area contributed by atoms with E-state index in [0.717, 1.165) is 23.2 Å². The Kier molecular flexibility index (Phi) is 5.05. The molecule has 38 heavy (non-hydrogen) atoms. The fourth-order valence-corrected chi connectivity index (χ4v) is 5.71. The minimum Gasteiger partial charge on any atom is -0.340 e. The summed E-state index contributed by atoms with van der Waals surface area (Å²) in [6, 6.07) is 8.31. The monoisotopic (exact) mass is 531 g/mol. The number of aromatic amines is 3. The first-order chi connectivity index (χ1) is 18.5. The fourth-order valence-electron chi connectivity index (χ4n) is 5.56. The highest BCUT2D eigenvalue weighted by molar-refractivity contribution is 6.31. The van der Waals surface area contributed by atoms with Crippen molar-refractivity contribution in [2.45, 2.75) is 31.3 Å². The summed E-state index contributed by atoms with van der Waals surface area (Å²) in [4.78, 5) is 40.3. The first-order valence-corrected chi connectivity index (χ1v) is 12.4. The molecule has 3 aromatic heterocycles. The molecule has 1 fully saturated rings. The third-order valence-corrected chi connectivity index (χ3v) is 7.53. The highest BCUT2D eigenvalue weighted by Crippen LogP contribution is 2.44. The molecule has 0 radical (unpaired) electrons. The summed E-state index contributed by atoms with van der Waals surface area (Å²) < 4.78 is 16.7. The second-order valence-corrected chi connectivity index (χ2v) is 9.80. The van der Waals surface area contributed by atoms with E-state index in [4.69, 9.17) is 11.6 Å². The van der Waals surface area contributed by atoms with E-state index < -0.39 is 5.82 Å². The molecule has 0 aliphatic carbocycles. The third-order valence-electron chi connectivity index (χ3n) is 7.24. The van der Waals surface area contributed by atoms with Crippen LogP contribution in [0.25, 0.3) is 33.6 Å². The normalized spacial score (nSPS) is 19.3. The summed E-state index contributed by atoms with van der Waals surface area (Å²) in [5.74, 6) is -0.151. The Morgan fingerprint density at radius 1 is 1.05 bits per heavy atom. The van der Waals surface area contributed by atoms with Gasteiger partial charge in [0.15, 0.2) is 5.82 Å². The van der Waals surface area contributed by atoms with Crippen molar-refractivity contribution in [3.05, 3.63) is 81.6 Å². The van der Waals surface area contributed by atoms with Crippen LogP contribution in [0.4, 0.5) is 4.39 Å². The van der Waals surface area contributed by atoms with E-state index in [-0.39, 0.29) is 34.3 Å². The van der Waals surface area contributed by atoms with Gasteiger partial charge in [-0.05, 0) is 59.5 Å². The van der Waals surface area contributed by atoms with Gasteiger partial charge in [-0.25, -0.2) is 14.2 Å². The molecule has 5 heterocycles. The Hall–Kier alpha value is -4.58. The predicted octanol–water partition coefficient (Wildman–Crippen LogP) is 3.53. The summed E-state index contributed by atoms with van der Waals surface area (Å²) in [5.41, 5.74) is 3.98. The summed E-state index contributed by atoms with van der Waals surface area (Å²) >= 11 is 6.11. The minimum atomic E-state index is -0.613. The van der Waals surface area contributed by atoms with E-state index in [0.29, 0.717) is 35.4 Å². The van der Waals surface area contributed by atoms with Crippen LogP contribution in [0.15, 0.2) is 53.7 Å². The zero-order valence-electron chi connectivity index (χ0n) is 19.7. The van der Waals surface area contributed by atoms with Gasteiger partial charge in [-0.15, -0.1) is 5.10 Å². The molecule has 3 N–H and O–H groups in total. The van der Waals surface area contributed by atoms with Gasteiger partial charge in [-0.3, -0.25) is 4.79 Å². The van der Waals surface area contributed by atoms with Crippen LogP contribution in [0.1, 0.15) is 36.7 Å². The SMILES string of the molecule is O=C1C=C(c2c(-n3cnnn3)ccc(Cl)c2F)C[C@@H]2CC[C@@H](c3ncc(-c4ccc5[nH]c(=O)[nH]c5c4)[nH]3)N12. The number of rotatable bonds is 4. The predicted molar refractivity (Wildman–Crippen MR) is 136 cm³/mol. The van der Waals surface area contributed by atoms with Crippen molar-refractivity contribution in [3.63, 3.8) is 0 Å². The van der Waals surface area contributed by atoms with Crippen LogP contribution in [-0.4, -0.2) is 57.0 Å². The van der Waals surface area contributed by atoms with Crippen molar-refractivity contribution < 1.29 is 9.18 Å². The maximum atomic E-state index is 15.3. The number of hydrogen-bond donors (Lipinski definition) is 3. The molecule has 5 aromatic rings. The second-order valence-electron chi connectivity index (χ2n) is 9.40. The number of amides is 1. The van der Waals surface area contributed by atoms with Gasteiger partial charge in [0.25, 0.3) is 0 Å². The third kappa shape index (κ3) is 3.56. The van der Waals surface area contributed by atoms with Crippen LogP contribution in [0.2, 0.25) is 5.02 Å². The van der Waals surface area contributed by atoms with E-state index in [2.05, 4.69) is 35.5 Å². The Bertz CT molecular complexity index is 1800. The molecule has 0 unspecified atom stereocenters. The molecule has 190 valence electrons. The number of fused-ring (bicyclic) bond motifs is 2. The Balaban J connectivity index is 1.21. The number of hydrogen-bond acceptors (Lipinski definition) is 6. The Morgan fingerprint density at radius 3 is 2.76 bits per heavy atom. The number of carbonyl (C=O) groups is 1. The van der Waals surface area contributed by atoms with E-state index >= 15 is 4.39 Å². The average Bonchev–Trinajstić information content (AvgIpc) is 3.70. The summed E-state index contributed by atoms with van der Waals surface area (Å²) in [6.45, 7) is 0. The van der Waals surface area contributed by atoms with Crippen LogP contribution in [-0.2, 0) is 4.79 Å². The van der Waals surface area contributed by atoms with Crippen molar-refractivity contribution in [1.29, 1.82) is 0 Å². The lowest BCUT2D eigenvalue weighted by Gasteiger charge is -2.33. The molecule has 2 aromatic carbocycles. The van der Waals surface area contributed by atoms with E-state index in [1.165, 1.54) is 23.2 Å². The fraction of sp³-hybridized carbons (Fsp3) is 0.200. The van der Waals surface area contributed by atoms with Crippen molar-refractivity contribution in [1.82, 2.24) is 45.0 Å². The van der Waals surface area contributed by atoms with Crippen LogP contribution in [0, 0.1) is 5.82 Å². The molecule has 7 rings (SSSR count). The smallest absolute Gasteiger partial charge is 0.323 e. The lowest BCUT2D eigenvalue weighted by atomic mass is 9.92. The lowest BCUT2D eigenvalue weighted by molar-refractivity contribution is -0.129. The first-order valence-electron chi connectivity index (χ1n) is 12.0. The molecule has 1 saturated heterocycles. The van der Waals surface area contributed by atoms with Gasteiger partial charge in [-0.2, -0.15) is 4.68 Å². The van der Waals surface area contributed by atoms with E-state index in [1.807, 2.05) is 23.1 Å². The van der Waals surface area contributed by atoms with Crippen molar-refractivity contribution in [3.8, 4) is 16.9 Å².